The Morgan fingerprint density at radius 2 is 0.762 bits per heavy atom. The Kier molecular flexibility index (Phi) is 6.74. The number of ether oxygens (including phenoxy) is 4. The first-order chi connectivity index (χ1) is 20.4. The second-order valence-electron chi connectivity index (χ2n) is 8.86. The van der Waals surface area contributed by atoms with Gasteiger partial charge >= 0.3 is 0 Å². The summed E-state index contributed by atoms with van der Waals surface area (Å²) in [5.74, 6) is 20.6. The Balaban J connectivity index is 1.38. The number of nitrogens with zero attached hydrogens (tertiary/aromatic N) is 2. The fraction of sp³-hybridized carbons (Fsp3) is 0.0625. The van der Waals surface area contributed by atoms with Crippen LogP contribution in [-0.2, 0) is 0 Å². The molecular formula is C32H16N2O8. The van der Waals surface area contributed by atoms with E-state index in [0.29, 0.717) is 56.4 Å². The molecule has 0 atom stereocenters. The number of rotatable bonds is 2. The van der Waals surface area contributed by atoms with Crippen molar-refractivity contribution in [2.45, 2.75) is 0 Å². The van der Waals surface area contributed by atoms with Gasteiger partial charge in [-0.25, -0.2) is 0 Å². The summed E-state index contributed by atoms with van der Waals surface area (Å²) in [6.45, 7) is 0.151. The molecule has 202 valence electrons. The largest absolute Gasteiger partial charge is 0.454 e. The van der Waals surface area contributed by atoms with E-state index in [1.165, 1.54) is 24.3 Å². The molecule has 4 aromatic rings. The van der Waals surface area contributed by atoms with Gasteiger partial charge in [0.15, 0.2) is 23.0 Å². The smallest absolute Gasteiger partial charge is 0.269 e. The average Bonchev–Trinajstić information content (AvgIpc) is 3.66. The molecule has 0 fully saturated rings. The van der Waals surface area contributed by atoms with Gasteiger partial charge in [-0.3, -0.25) is 20.2 Å². The summed E-state index contributed by atoms with van der Waals surface area (Å²) in [5.41, 5.74) is 3.43. The Hall–Kier alpha value is -6.44. The molecule has 0 radical (unpaired) electrons. The second-order valence-corrected chi connectivity index (χ2v) is 8.86. The number of non-ortho nitro benzene ring substituents is 2. The number of nitro groups is 2. The van der Waals surface area contributed by atoms with E-state index in [-0.39, 0.29) is 25.0 Å². The fourth-order valence-electron chi connectivity index (χ4n) is 4.04. The van der Waals surface area contributed by atoms with Gasteiger partial charge in [0.2, 0.25) is 13.6 Å². The van der Waals surface area contributed by atoms with Crippen molar-refractivity contribution in [1.29, 1.82) is 0 Å². The lowest BCUT2D eigenvalue weighted by Crippen LogP contribution is -1.92. The van der Waals surface area contributed by atoms with E-state index in [4.69, 9.17) is 18.9 Å². The minimum absolute atomic E-state index is 0.0219. The third-order valence-corrected chi connectivity index (χ3v) is 6.20. The first kappa shape index (κ1) is 25.8. The quantitative estimate of drug-likeness (QED) is 0.189. The van der Waals surface area contributed by atoms with Crippen LogP contribution in [0.1, 0.15) is 33.4 Å². The van der Waals surface area contributed by atoms with Gasteiger partial charge in [0, 0.05) is 81.9 Å². The summed E-state index contributed by atoms with van der Waals surface area (Å²) in [4.78, 5) is 21.0. The number of hydrogen-bond donors (Lipinski definition) is 0. The molecular weight excluding hydrogens is 540 g/mol. The minimum atomic E-state index is -0.469. The van der Waals surface area contributed by atoms with E-state index in [9.17, 15) is 20.2 Å². The number of fused-ring (bicyclic) bond motifs is 2. The molecule has 0 saturated carbocycles. The van der Waals surface area contributed by atoms with Crippen molar-refractivity contribution in [3.05, 3.63) is 126 Å². The highest BCUT2D eigenvalue weighted by Gasteiger charge is 2.18. The van der Waals surface area contributed by atoms with Crippen molar-refractivity contribution in [3.8, 4) is 58.5 Å². The summed E-state index contributed by atoms with van der Waals surface area (Å²) < 4.78 is 22.1. The average molecular weight is 556 g/mol. The molecule has 0 saturated heterocycles. The van der Waals surface area contributed by atoms with Crippen LogP contribution < -0.4 is 18.9 Å². The second kappa shape index (κ2) is 11.0. The maximum atomic E-state index is 11.0. The fourth-order valence-corrected chi connectivity index (χ4v) is 4.04. The molecule has 2 aliphatic heterocycles. The van der Waals surface area contributed by atoms with E-state index in [0.717, 1.165) is 0 Å². The van der Waals surface area contributed by atoms with E-state index in [2.05, 4.69) is 35.5 Å². The molecule has 0 unspecified atom stereocenters. The number of nitro benzene ring substituents is 2. The predicted molar refractivity (Wildman–Crippen MR) is 149 cm³/mol. The molecule has 4 aromatic carbocycles. The molecule has 6 rings (SSSR count). The van der Waals surface area contributed by atoms with E-state index in [1.54, 1.807) is 48.5 Å². The Labute approximate surface area is 238 Å². The van der Waals surface area contributed by atoms with E-state index >= 15 is 0 Å². The highest BCUT2D eigenvalue weighted by Crippen LogP contribution is 2.36. The van der Waals surface area contributed by atoms with Crippen LogP contribution in [0, 0.1) is 55.8 Å². The van der Waals surface area contributed by atoms with Gasteiger partial charge in [-0.1, -0.05) is 35.5 Å². The van der Waals surface area contributed by atoms with Crippen LogP contribution >= 0.6 is 0 Å². The molecule has 2 heterocycles. The highest BCUT2D eigenvalue weighted by atomic mass is 16.7. The van der Waals surface area contributed by atoms with Gasteiger partial charge in [0.05, 0.1) is 9.85 Å². The first-order valence-electron chi connectivity index (χ1n) is 12.4. The van der Waals surface area contributed by atoms with Gasteiger partial charge < -0.3 is 18.9 Å². The SMILES string of the molecule is O=[N+]([O-])c1ccc(C#Cc2cc3c(cc2C#Cc2cc4c(cc2C#Cc2ccc([N+](=O)[O-])cc2)OCO4)OCO3)cc1. The van der Waals surface area contributed by atoms with Crippen molar-refractivity contribution >= 4 is 11.4 Å². The van der Waals surface area contributed by atoms with Crippen LogP contribution in [0.5, 0.6) is 23.0 Å². The van der Waals surface area contributed by atoms with Gasteiger partial charge in [-0.05, 0) is 24.3 Å². The zero-order valence-corrected chi connectivity index (χ0v) is 21.5. The lowest BCUT2D eigenvalue weighted by atomic mass is 10.0. The van der Waals surface area contributed by atoms with Crippen LogP contribution in [0.15, 0.2) is 72.8 Å². The standard InChI is InChI=1S/C32H16N2O8/c35-33(36)27-11-3-21(4-12-27)1-7-23-15-29-31(41-19-39-29)17-25(23)9-10-26-18-32-30(40-20-42-32)16-24(26)8-2-22-5-13-28(14-6-22)34(37)38/h3-6,11-18H,19-20H2. The molecule has 10 heteroatoms. The highest BCUT2D eigenvalue weighted by molar-refractivity contribution is 5.65. The number of hydrogen-bond acceptors (Lipinski definition) is 8. The third kappa shape index (κ3) is 5.48. The molecule has 10 nitrogen and oxygen atoms in total. The van der Waals surface area contributed by atoms with E-state index < -0.39 is 9.85 Å². The third-order valence-electron chi connectivity index (χ3n) is 6.20. The molecule has 0 bridgehead atoms. The van der Waals surface area contributed by atoms with Gasteiger partial charge in [-0.15, -0.1) is 0 Å². The Morgan fingerprint density at radius 3 is 1.05 bits per heavy atom. The maximum Gasteiger partial charge on any atom is 0.269 e. The lowest BCUT2D eigenvalue weighted by Gasteiger charge is -2.03. The van der Waals surface area contributed by atoms with Crippen molar-refractivity contribution in [1.82, 2.24) is 0 Å². The molecule has 0 N–H and O–H groups in total. The number of benzene rings is 4. The molecule has 0 aliphatic carbocycles. The van der Waals surface area contributed by atoms with Gasteiger partial charge in [0.25, 0.3) is 11.4 Å². The van der Waals surface area contributed by atoms with Crippen LogP contribution in [0.2, 0.25) is 0 Å². The van der Waals surface area contributed by atoms with Crippen LogP contribution in [0.3, 0.4) is 0 Å². The lowest BCUT2D eigenvalue weighted by molar-refractivity contribution is -0.385. The van der Waals surface area contributed by atoms with Crippen LogP contribution in [0.25, 0.3) is 0 Å². The maximum absolute atomic E-state index is 11.0. The van der Waals surface area contributed by atoms with Crippen molar-refractivity contribution in [2.75, 3.05) is 13.6 Å². The summed E-state index contributed by atoms with van der Waals surface area (Å²) >= 11 is 0. The van der Waals surface area contributed by atoms with Crippen LogP contribution in [0.4, 0.5) is 11.4 Å². The van der Waals surface area contributed by atoms with Crippen molar-refractivity contribution < 1.29 is 28.8 Å². The van der Waals surface area contributed by atoms with Crippen molar-refractivity contribution in [3.63, 3.8) is 0 Å². The van der Waals surface area contributed by atoms with Crippen LogP contribution in [-0.4, -0.2) is 23.4 Å². The molecule has 2 aliphatic rings. The summed E-state index contributed by atoms with van der Waals surface area (Å²) in [5, 5.41) is 21.9. The summed E-state index contributed by atoms with van der Waals surface area (Å²) in [7, 11) is 0. The molecule has 0 aromatic heterocycles. The van der Waals surface area contributed by atoms with E-state index in [1.807, 2.05) is 0 Å². The minimum Gasteiger partial charge on any atom is -0.454 e. The van der Waals surface area contributed by atoms with Gasteiger partial charge in [0.1, 0.15) is 0 Å². The summed E-state index contributed by atoms with van der Waals surface area (Å²) in [6.07, 6.45) is 0. The van der Waals surface area contributed by atoms with Crippen molar-refractivity contribution in [2.24, 2.45) is 0 Å². The molecule has 0 amide bonds. The summed E-state index contributed by atoms with van der Waals surface area (Å²) in [6, 6.07) is 18.8. The zero-order chi connectivity index (χ0) is 29.1. The Bertz CT molecular complexity index is 1810. The molecule has 0 spiro atoms. The molecule has 42 heavy (non-hydrogen) atoms. The first-order valence-corrected chi connectivity index (χ1v) is 12.4. The topological polar surface area (TPSA) is 123 Å². The monoisotopic (exact) mass is 556 g/mol. The normalized spacial score (nSPS) is 11.7. The zero-order valence-electron chi connectivity index (χ0n) is 21.5. The predicted octanol–water partition coefficient (Wildman–Crippen LogP) is 5.16. The Morgan fingerprint density at radius 1 is 0.476 bits per heavy atom. The van der Waals surface area contributed by atoms with Gasteiger partial charge in [-0.2, -0.15) is 0 Å².